The standard InChI is InChI=1S/C19H15FN.C17H14N.Ir/c1-11-7-8-14(20)17-15(11)18-16-12(9-10-21-18)5-4-6-13(16)19(17,2)3;1-13-6-5-8-15(12-13)17-16-9-4-3-7-14(16)10-11-18(17)2;/h4-10H,1H2,2-3H3;3-7,9-12H,2H2,1H3;/q2*-1;+3. The summed E-state index contributed by atoms with van der Waals surface area (Å²) >= 11 is 0. The van der Waals surface area contributed by atoms with Gasteiger partial charge < -0.3 is 4.57 Å². The number of halogens is 1. The Morgan fingerprint density at radius 2 is 1.70 bits per heavy atom. The largest absolute Gasteiger partial charge is 3.00 e. The van der Waals surface area contributed by atoms with E-state index in [1.165, 1.54) is 22.4 Å². The minimum Gasteiger partial charge on any atom is -0.320 e. The molecule has 0 amide bonds. The first-order valence-electron chi connectivity index (χ1n) is 13.0. The van der Waals surface area contributed by atoms with Gasteiger partial charge in [0.2, 0.25) is 0 Å². The third-order valence-corrected chi connectivity index (χ3v) is 7.72. The molecule has 0 saturated carbocycles. The Bertz CT molecular complexity index is 1890. The van der Waals surface area contributed by atoms with Gasteiger partial charge in [-0.3, -0.25) is 4.98 Å². The minimum atomic E-state index is -0.400. The number of rotatable bonds is 1. The molecule has 0 fully saturated rings. The van der Waals surface area contributed by atoms with Gasteiger partial charge in [0.15, 0.2) is 0 Å². The van der Waals surface area contributed by atoms with Gasteiger partial charge in [-0.05, 0) is 39.4 Å². The van der Waals surface area contributed by atoms with Crippen LogP contribution in [0.4, 0.5) is 4.39 Å². The fourth-order valence-corrected chi connectivity index (χ4v) is 5.85. The molecule has 0 radical (unpaired) electrons. The molecule has 0 spiro atoms. The van der Waals surface area contributed by atoms with Crippen LogP contribution in [-0.2, 0) is 25.5 Å². The van der Waals surface area contributed by atoms with E-state index in [0.717, 1.165) is 44.4 Å². The molecule has 0 unspecified atom stereocenters. The fourth-order valence-electron chi connectivity index (χ4n) is 5.85. The van der Waals surface area contributed by atoms with Crippen LogP contribution in [0.5, 0.6) is 0 Å². The molecule has 0 saturated heterocycles. The van der Waals surface area contributed by atoms with E-state index >= 15 is 0 Å². The zero-order valence-electron chi connectivity index (χ0n) is 22.8. The van der Waals surface area contributed by atoms with Gasteiger partial charge in [0.05, 0.1) is 6.20 Å². The van der Waals surface area contributed by atoms with Crippen molar-refractivity contribution in [2.24, 2.45) is 0 Å². The second-order valence-corrected chi connectivity index (χ2v) is 10.6. The Labute approximate surface area is 248 Å². The van der Waals surface area contributed by atoms with E-state index < -0.39 is 5.41 Å². The molecule has 0 bridgehead atoms. The number of fused-ring (bicyclic) bond motifs is 3. The van der Waals surface area contributed by atoms with Crippen LogP contribution in [-0.4, -0.2) is 4.98 Å². The summed E-state index contributed by atoms with van der Waals surface area (Å²) in [7, 11) is 4.07. The maximum Gasteiger partial charge on any atom is 3.00 e. The molecule has 2 aromatic heterocycles. The molecule has 1 aliphatic rings. The molecule has 40 heavy (non-hydrogen) atoms. The number of pyridine rings is 2. The normalized spacial score (nSPS) is 12.7. The van der Waals surface area contributed by atoms with Crippen LogP contribution in [0.2, 0.25) is 0 Å². The Balaban J connectivity index is 0.000000159. The van der Waals surface area contributed by atoms with Crippen molar-refractivity contribution >= 4 is 21.5 Å². The number of hydrogen-bond donors (Lipinski definition) is 0. The average molecular weight is 701 g/mol. The molecule has 0 N–H and O–H groups in total. The van der Waals surface area contributed by atoms with Crippen LogP contribution in [0.15, 0.2) is 97.3 Å². The fraction of sp³-hybridized carbons (Fsp3) is 0.111. The summed E-state index contributed by atoms with van der Waals surface area (Å²) in [5.74, 6) is -0.185. The van der Waals surface area contributed by atoms with Crippen molar-refractivity contribution in [3.05, 3.63) is 145 Å². The average Bonchev–Trinajstić information content (AvgIpc) is 2.93. The van der Waals surface area contributed by atoms with Crippen LogP contribution in [0.25, 0.3) is 44.1 Å². The van der Waals surface area contributed by atoms with E-state index in [1.54, 1.807) is 12.3 Å². The van der Waals surface area contributed by atoms with Crippen molar-refractivity contribution in [3.63, 3.8) is 0 Å². The molecule has 1 aliphatic carbocycles. The Hall–Kier alpha value is -3.98. The first kappa shape index (κ1) is 27.6. The zero-order valence-corrected chi connectivity index (χ0v) is 25.2. The number of aromatic nitrogens is 2. The summed E-state index contributed by atoms with van der Waals surface area (Å²) in [6.07, 6.45) is 3.78. The van der Waals surface area contributed by atoms with Gasteiger partial charge in [-0.15, -0.1) is 29.8 Å². The third-order valence-electron chi connectivity index (χ3n) is 7.72. The zero-order chi connectivity index (χ0) is 27.3. The third kappa shape index (κ3) is 4.48. The number of nitrogens with zero attached hydrogens (tertiary/aromatic N) is 2. The number of hydrogen-bond acceptors (Lipinski definition) is 1. The number of aryl methyl sites for hydroxylation is 1. The first-order valence-corrected chi connectivity index (χ1v) is 13.0. The van der Waals surface area contributed by atoms with Crippen LogP contribution < -0.4 is 4.57 Å². The summed E-state index contributed by atoms with van der Waals surface area (Å²) in [6, 6.07) is 31.3. The minimum absolute atomic E-state index is 0. The van der Waals surface area contributed by atoms with E-state index in [9.17, 15) is 4.39 Å². The van der Waals surface area contributed by atoms with Gasteiger partial charge >= 0.3 is 20.1 Å². The van der Waals surface area contributed by atoms with Crippen molar-refractivity contribution in [1.29, 1.82) is 0 Å². The molecule has 7 rings (SSSR count). The van der Waals surface area contributed by atoms with E-state index in [4.69, 9.17) is 0 Å². The second kappa shape index (κ2) is 10.5. The predicted octanol–water partition coefficient (Wildman–Crippen LogP) is 8.40. The van der Waals surface area contributed by atoms with Gasteiger partial charge in [0, 0.05) is 29.7 Å². The van der Waals surface area contributed by atoms with E-state index in [2.05, 4.69) is 100 Å². The molecular formula is C36H29FIrN2+. The van der Waals surface area contributed by atoms with E-state index in [0.29, 0.717) is 5.56 Å². The summed E-state index contributed by atoms with van der Waals surface area (Å²) in [5, 5.41) is 4.69. The van der Waals surface area contributed by atoms with E-state index in [1.807, 2.05) is 29.0 Å². The van der Waals surface area contributed by atoms with Crippen molar-refractivity contribution in [2.45, 2.75) is 26.2 Å². The Morgan fingerprint density at radius 3 is 2.50 bits per heavy atom. The molecule has 2 nitrogen and oxygen atoms in total. The smallest absolute Gasteiger partial charge is 0.320 e. The molecule has 4 aromatic carbocycles. The molecule has 2 heterocycles. The van der Waals surface area contributed by atoms with Crippen LogP contribution in [0, 0.1) is 32.8 Å². The van der Waals surface area contributed by atoms with Crippen molar-refractivity contribution in [2.75, 3.05) is 0 Å². The summed E-state index contributed by atoms with van der Waals surface area (Å²) < 4.78 is 16.5. The number of benzene rings is 4. The summed E-state index contributed by atoms with van der Waals surface area (Å²) in [6.45, 7) is 10.3. The van der Waals surface area contributed by atoms with Gasteiger partial charge in [-0.1, -0.05) is 80.4 Å². The quantitative estimate of drug-likeness (QED) is 0.124. The van der Waals surface area contributed by atoms with Gasteiger partial charge in [-0.25, -0.2) is 4.39 Å². The molecule has 4 heteroatoms. The molecule has 6 aromatic rings. The Kier molecular flexibility index (Phi) is 7.27. The van der Waals surface area contributed by atoms with E-state index in [-0.39, 0.29) is 25.9 Å². The predicted molar refractivity (Wildman–Crippen MR) is 158 cm³/mol. The van der Waals surface area contributed by atoms with Crippen molar-refractivity contribution in [3.8, 4) is 22.5 Å². The summed E-state index contributed by atoms with van der Waals surface area (Å²) in [4.78, 5) is 4.54. The van der Waals surface area contributed by atoms with Gasteiger partial charge in [0.25, 0.3) is 0 Å². The van der Waals surface area contributed by atoms with Crippen LogP contribution >= 0.6 is 0 Å². The Morgan fingerprint density at radius 1 is 0.925 bits per heavy atom. The van der Waals surface area contributed by atoms with Crippen molar-refractivity contribution < 1.29 is 29.1 Å². The first-order chi connectivity index (χ1) is 18.8. The maximum atomic E-state index is 14.6. The second-order valence-electron chi connectivity index (χ2n) is 10.6. The topological polar surface area (TPSA) is 16.8 Å². The summed E-state index contributed by atoms with van der Waals surface area (Å²) in [5.41, 5.74) is 7.38. The van der Waals surface area contributed by atoms with Gasteiger partial charge in [-0.2, -0.15) is 18.6 Å². The molecule has 0 atom stereocenters. The maximum absolute atomic E-state index is 14.6. The SMILES string of the molecule is [CH2-][n+]1ccc2ccccc2c1-c1[c-]ccc(C)c1.[CH2-]c1ccc(F)c2c1-c1nccc3cccc(c13)C2(C)C.[Ir+3]. The monoisotopic (exact) mass is 701 g/mol. The van der Waals surface area contributed by atoms with Crippen molar-refractivity contribution in [1.82, 2.24) is 4.98 Å². The van der Waals surface area contributed by atoms with Crippen LogP contribution in [0.1, 0.15) is 36.1 Å². The molecule has 0 aliphatic heterocycles. The molecular weight excluding hydrogens is 672 g/mol. The molecule has 198 valence electrons. The van der Waals surface area contributed by atoms with Gasteiger partial charge in [0.1, 0.15) is 11.5 Å². The van der Waals surface area contributed by atoms with Crippen LogP contribution in [0.3, 0.4) is 0 Å².